The van der Waals surface area contributed by atoms with E-state index in [1.54, 1.807) is 23.1 Å². The molecular formula is C6H12N4S2. The molecule has 0 aliphatic carbocycles. The molecule has 1 heterocycles. The lowest BCUT2D eigenvalue weighted by atomic mass is 10.6. The fraction of sp³-hybridized carbons (Fsp3) is 0.667. The molecule has 0 saturated heterocycles. The first-order chi connectivity index (χ1) is 5.86. The Kier molecular flexibility index (Phi) is 4.52. The van der Waals surface area contributed by atoms with E-state index in [-0.39, 0.29) is 0 Å². The van der Waals surface area contributed by atoms with Gasteiger partial charge >= 0.3 is 0 Å². The highest BCUT2D eigenvalue weighted by atomic mass is 32.2. The Morgan fingerprint density at radius 2 is 2.42 bits per heavy atom. The van der Waals surface area contributed by atoms with E-state index in [1.165, 1.54) is 0 Å². The summed E-state index contributed by atoms with van der Waals surface area (Å²) in [6.45, 7) is 2.26. The van der Waals surface area contributed by atoms with Gasteiger partial charge in [-0.05, 0) is 6.26 Å². The van der Waals surface area contributed by atoms with Gasteiger partial charge < -0.3 is 11.1 Å². The molecular weight excluding hydrogens is 192 g/mol. The van der Waals surface area contributed by atoms with E-state index in [9.17, 15) is 0 Å². The molecule has 68 valence electrons. The van der Waals surface area contributed by atoms with Crippen LogP contribution in [0.25, 0.3) is 0 Å². The SMILES string of the molecule is CSc1nnc(CNCCN)s1. The monoisotopic (exact) mass is 204 g/mol. The second-order valence-corrected chi connectivity index (χ2v) is 4.25. The molecule has 1 aromatic heterocycles. The van der Waals surface area contributed by atoms with Gasteiger partial charge in [0.25, 0.3) is 0 Å². The van der Waals surface area contributed by atoms with Gasteiger partial charge in [-0.25, -0.2) is 0 Å². The summed E-state index contributed by atoms with van der Waals surface area (Å²) in [7, 11) is 0. The van der Waals surface area contributed by atoms with Gasteiger partial charge in [0.1, 0.15) is 5.01 Å². The largest absolute Gasteiger partial charge is 0.329 e. The first-order valence-electron chi connectivity index (χ1n) is 3.64. The maximum absolute atomic E-state index is 5.32. The van der Waals surface area contributed by atoms with E-state index < -0.39 is 0 Å². The topological polar surface area (TPSA) is 63.8 Å². The van der Waals surface area contributed by atoms with Gasteiger partial charge in [0.15, 0.2) is 4.34 Å². The Balaban J connectivity index is 2.31. The molecule has 0 bridgehead atoms. The number of nitrogens with one attached hydrogen (secondary N) is 1. The number of aromatic nitrogens is 2. The molecule has 6 heteroatoms. The molecule has 1 rings (SSSR count). The molecule has 0 aliphatic heterocycles. The van der Waals surface area contributed by atoms with Gasteiger partial charge in [0.2, 0.25) is 0 Å². The third-order valence-electron chi connectivity index (χ3n) is 1.22. The predicted octanol–water partition coefficient (Wildman–Crippen LogP) is 0.308. The Morgan fingerprint density at radius 1 is 1.58 bits per heavy atom. The molecule has 3 N–H and O–H groups in total. The van der Waals surface area contributed by atoms with Crippen molar-refractivity contribution in [1.82, 2.24) is 15.5 Å². The van der Waals surface area contributed by atoms with Crippen LogP contribution in [0.1, 0.15) is 5.01 Å². The van der Waals surface area contributed by atoms with Gasteiger partial charge in [-0.3, -0.25) is 0 Å². The molecule has 0 saturated carbocycles. The zero-order valence-electron chi connectivity index (χ0n) is 6.91. The van der Waals surface area contributed by atoms with Gasteiger partial charge in [-0.2, -0.15) is 0 Å². The van der Waals surface area contributed by atoms with Crippen LogP contribution in [0.3, 0.4) is 0 Å². The maximum Gasteiger partial charge on any atom is 0.174 e. The molecule has 0 unspecified atom stereocenters. The zero-order chi connectivity index (χ0) is 8.81. The number of nitrogens with two attached hydrogens (primary N) is 1. The van der Waals surface area contributed by atoms with Crippen molar-refractivity contribution in [1.29, 1.82) is 0 Å². The van der Waals surface area contributed by atoms with E-state index in [0.29, 0.717) is 6.54 Å². The summed E-state index contributed by atoms with van der Waals surface area (Å²) in [5.74, 6) is 0. The lowest BCUT2D eigenvalue weighted by molar-refractivity contribution is 0.685. The summed E-state index contributed by atoms with van der Waals surface area (Å²) in [6, 6.07) is 0. The van der Waals surface area contributed by atoms with Crippen LogP contribution in [0, 0.1) is 0 Å². The molecule has 12 heavy (non-hydrogen) atoms. The average Bonchev–Trinajstić information content (AvgIpc) is 2.53. The van der Waals surface area contributed by atoms with Crippen molar-refractivity contribution in [3.63, 3.8) is 0 Å². The highest BCUT2D eigenvalue weighted by Gasteiger charge is 2.00. The third-order valence-corrected chi connectivity index (χ3v) is 3.12. The minimum Gasteiger partial charge on any atom is -0.329 e. The number of nitrogens with zero attached hydrogens (tertiary/aromatic N) is 2. The second kappa shape index (κ2) is 5.47. The molecule has 0 atom stereocenters. The first kappa shape index (κ1) is 9.91. The summed E-state index contributed by atoms with van der Waals surface area (Å²) >= 11 is 3.24. The molecule has 1 aromatic rings. The summed E-state index contributed by atoms with van der Waals surface area (Å²) in [6.07, 6.45) is 2.00. The molecule has 0 radical (unpaired) electrons. The van der Waals surface area contributed by atoms with Crippen LogP contribution in [0.15, 0.2) is 4.34 Å². The van der Waals surface area contributed by atoms with E-state index in [1.807, 2.05) is 6.26 Å². The van der Waals surface area contributed by atoms with Crippen molar-refractivity contribution in [2.24, 2.45) is 5.73 Å². The Hall–Kier alpha value is -0.170. The lowest BCUT2D eigenvalue weighted by Crippen LogP contribution is -2.21. The predicted molar refractivity (Wildman–Crippen MR) is 52.5 cm³/mol. The molecule has 0 fully saturated rings. The smallest absolute Gasteiger partial charge is 0.174 e. The number of hydrogen-bond donors (Lipinski definition) is 2. The highest BCUT2D eigenvalue weighted by Crippen LogP contribution is 2.18. The maximum atomic E-state index is 5.32. The number of thioether (sulfide) groups is 1. The van der Waals surface area contributed by atoms with Gasteiger partial charge in [-0.1, -0.05) is 23.1 Å². The molecule has 4 nitrogen and oxygen atoms in total. The van der Waals surface area contributed by atoms with Crippen LogP contribution in [-0.2, 0) is 6.54 Å². The Morgan fingerprint density at radius 3 is 3.00 bits per heavy atom. The molecule has 0 spiro atoms. The summed E-state index contributed by atoms with van der Waals surface area (Å²) in [5, 5.41) is 12.2. The van der Waals surface area contributed by atoms with E-state index in [4.69, 9.17) is 5.73 Å². The summed E-state index contributed by atoms with van der Waals surface area (Å²) < 4.78 is 1.01. The summed E-state index contributed by atoms with van der Waals surface area (Å²) in [5.41, 5.74) is 5.32. The van der Waals surface area contributed by atoms with E-state index >= 15 is 0 Å². The van der Waals surface area contributed by atoms with Crippen LogP contribution in [0.2, 0.25) is 0 Å². The fourth-order valence-corrected chi connectivity index (χ4v) is 1.97. The van der Waals surface area contributed by atoms with E-state index in [0.717, 1.165) is 22.4 Å². The van der Waals surface area contributed by atoms with Crippen LogP contribution in [0.4, 0.5) is 0 Å². The average molecular weight is 204 g/mol. The van der Waals surface area contributed by atoms with Crippen LogP contribution < -0.4 is 11.1 Å². The molecule has 0 amide bonds. The van der Waals surface area contributed by atoms with Crippen molar-refractivity contribution in [3.8, 4) is 0 Å². The van der Waals surface area contributed by atoms with Crippen molar-refractivity contribution in [3.05, 3.63) is 5.01 Å². The lowest BCUT2D eigenvalue weighted by Gasteiger charge is -1.96. The number of hydrogen-bond acceptors (Lipinski definition) is 6. The van der Waals surface area contributed by atoms with Crippen molar-refractivity contribution in [2.75, 3.05) is 19.3 Å². The van der Waals surface area contributed by atoms with E-state index in [2.05, 4.69) is 15.5 Å². The molecule has 0 aromatic carbocycles. The van der Waals surface area contributed by atoms with Crippen LogP contribution in [0.5, 0.6) is 0 Å². The standard InChI is InChI=1S/C6H12N4S2/c1-11-6-10-9-5(12-6)4-8-3-2-7/h8H,2-4,7H2,1H3. The van der Waals surface area contributed by atoms with Crippen molar-refractivity contribution >= 4 is 23.1 Å². The highest BCUT2D eigenvalue weighted by molar-refractivity contribution is 8.00. The van der Waals surface area contributed by atoms with Crippen molar-refractivity contribution in [2.45, 2.75) is 10.9 Å². The van der Waals surface area contributed by atoms with Gasteiger partial charge in [0.05, 0.1) is 0 Å². The van der Waals surface area contributed by atoms with Crippen LogP contribution in [-0.4, -0.2) is 29.5 Å². The molecule has 0 aliphatic rings. The Labute approximate surface area is 80.0 Å². The third kappa shape index (κ3) is 3.06. The summed E-state index contributed by atoms with van der Waals surface area (Å²) in [4.78, 5) is 0. The van der Waals surface area contributed by atoms with Crippen LogP contribution >= 0.6 is 23.1 Å². The minimum atomic E-state index is 0.661. The van der Waals surface area contributed by atoms with Gasteiger partial charge in [0, 0.05) is 19.6 Å². The fourth-order valence-electron chi connectivity index (χ4n) is 0.690. The normalized spacial score (nSPS) is 10.5. The zero-order valence-corrected chi connectivity index (χ0v) is 8.54. The van der Waals surface area contributed by atoms with Gasteiger partial charge in [-0.15, -0.1) is 10.2 Å². The second-order valence-electron chi connectivity index (χ2n) is 2.13. The minimum absolute atomic E-state index is 0.661. The quantitative estimate of drug-likeness (QED) is 0.534. The number of rotatable bonds is 5. The van der Waals surface area contributed by atoms with Crippen molar-refractivity contribution < 1.29 is 0 Å². The Bertz CT molecular complexity index is 225. The first-order valence-corrected chi connectivity index (χ1v) is 5.68.